The summed E-state index contributed by atoms with van der Waals surface area (Å²) in [6, 6.07) is 4.20. The molecule has 0 saturated carbocycles. The second-order valence-electron chi connectivity index (χ2n) is 9.77. The van der Waals surface area contributed by atoms with Gasteiger partial charge in [-0.2, -0.15) is 0 Å². The van der Waals surface area contributed by atoms with E-state index in [1.807, 2.05) is 41.5 Å². The van der Waals surface area contributed by atoms with Gasteiger partial charge in [0.15, 0.2) is 0 Å². The number of ether oxygens (including phenoxy) is 2. The summed E-state index contributed by atoms with van der Waals surface area (Å²) in [6.45, 7) is 13.4. The summed E-state index contributed by atoms with van der Waals surface area (Å²) >= 11 is -0.387. The van der Waals surface area contributed by atoms with E-state index in [4.69, 9.17) is 14.5 Å². The van der Waals surface area contributed by atoms with E-state index < -0.39 is 11.2 Å². The van der Waals surface area contributed by atoms with Gasteiger partial charge < -0.3 is 0 Å². The normalized spacial score (nSPS) is 19.6. The fourth-order valence-electron chi connectivity index (χ4n) is 3.43. The Balaban J connectivity index is 1.67. The first-order valence-corrected chi connectivity index (χ1v) is 12.9. The molecule has 0 radical (unpaired) electrons. The molecule has 168 valence electrons. The van der Waals surface area contributed by atoms with Crippen LogP contribution in [0.5, 0.6) is 0 Å². The molecule has 1 fully saturated rings. The average molecular weight is 530 g/mol. The number of amides is 2. The van der Waals surface area contributed by atoms with Crippen molar-refractivity contribution in [3.63, 3.8) is 0 Å². The van der Waals surface area contributed by atoms with Crippen LogP contribution in [0.3, 0.4) is 0 Å². The van der Waals surface area contributed by atoms with E-state index in [0.717, 1.165) is 47.4 Å². The zero-order valence-electron chi connectivity index (χ0n) is 18.8. The van der Waals surface area contributed by atoms with E-state index >= 15 is 0 Å². The molecule has 0 N–H and O–H groups in total. The SMILES string of the molecule is CC(C)(C)OC(=O)N1CCC([I-]c2ccc3c(n2)N(C(=O)OC(C)(C)C)CCC3)C1. The van der Waals surface area contributed by atoms with Gasteiger partial charge in [-0.25, -0.2) is 0 Å². The summed E-state index contributed by atoms with van der Waals surface area (Å²) in [6.07, 6.45) is 2.25. The van der Waals surface area contributed by atoms with Crippen molar-refractivity contribution in [1.29, 1.82) is 0 Å². The van der Waals surface area contributed by atoms with Crippen molar-refractivity contribution < 1.29 is 40.3 Å². The Morgan fingerprint density at radius 3 is 2.37 bits per heavy atom. The molecule has 2 aliphatic heterocycles. The first-order valence-electron chi connectivity index (χ1n) is 10.5. The Morgan fingerprint density at radius 2 is 1.70 bits per heavy atom. The van der Waals surface area contributed by atoms with E-state index in [-0.39, 0.29) is 33.4 Å². The van der Waals surface area contributed by atoms with Crippen LogP contribution in [0.15, 0.2) is 12.1 Å². The molecule has 8 heteroatoms. The number of halogens is 1. The number of anilines is 1. The molecule has 1 atom stereocenters. The number of carbonyl (C=O) groups excluding carboxylic acids is 2. The molecule has 0 aromatic carbocycles. The molecule has 1 saturated heterocycles. The second kappa shape index (κ2) is 8.88. The molecular weight excluding hydrogens is 497 g/mol. The third-order valence-electron chi connectivity index (χ3n) is 4.67. The van der Waals surface area contributed by atoms with Gasteiger partial charge in [0, 0.05) is 0 Å². The summed E-state index contributed by atoms with van der Waals surface area (Å²) in [7, 11) is 0. The van der Waals surface area contributed by atoms with Crippen LogP contribution in [0.2, 0.25) is 0 Å². The van der Waals surface area contributed by atoms with Gasteiger partial charge in [-0.15, -0.1) is 0 Å². The summed E-state index contributed by atoms with van der Waals surface area (Å²) in [5, 5.41) is 0. The maximum absolute atomic E-state index is 12.7. The molecule has 0 aliphatic carbocycles. The van der Waals surface area contributed by atoms with E-state index in [9.17, 15) is 9.59 Å². The first kappa shape index (κ1) is 23.1. The number of carbonyl (C=O) groups is 2. The summed E-state index contributed by atoms with van der Waals surface area (Å²) in [5.41, 5.74) is 0.0884. The zero-order valence-corrected chi connectivity index (χ0v) is 21.0. The van der Waals surface area contributed by atoms with Crippen LogP contribution in [0.4, 0.5) is 15.4 Å². The molecule has 0 spiro atoms. The zero-order chi connectivity index (χ0) is 22.1. The van der Waals surface area contributed by atoms with Crippen LogP contribution < -0.4 is 26.1 Å². The van der Waals surface area contributed by atoms with Gasteiger partial charge in [0.2, 0.25) is 0 Å². The van der Waals surface area contributed by atoms with Crippen molar-refractivity contribution in [2.24, 2.45) is 0 Å². The van der Waals surface area contributed by atoms with Gasteiger partial charge >= 0.3 is 190 Å². The van der Waals surface area contributed by atoms with E-state index in [2.05, 4.69) is 12.1 Å². The Bertz CT molecular complexity index is 801. The van der Waals surface area contributed by atoms with Crippen molar-refractivity contribution >= 4 is 18.0 Å². The molecule has 7 nitrogen and oxygen atoms in total. The number of aromatic nitrogens is 1. The molecular formula is C22H33IN3O4-. The average Bonchev–Trinajstić information content (AvgIpc) is 3.07. The summed E-state index contributed by atoms with van der Waals surface area (Å²) in [5.74, 6) is 0.745. The van der Waals surface area contributed by atoms with Crippen molar-refractivity contribution in [2.45, 2.75) is 75.9 Å². The minimum absolute atomic E-state index is 0.233. The first-order chi connectivity index (χ1) is 13.9. The number of nitrogens with zero attached hydrogens (tertiary/aromatic N) is 3. The monoisotopic (exact) mass is 530 g/mol. The molecule has 1 aromatic rings. The number of fused-ring (bicyclic) bond motifs is 1. The van der Waals surface area contributed by atoms with Crippen LogP contribution >= 0.6 is 0 Å². The Kier molecular flexibility index (Phi) is 6.84. The van der Waals surface area contributed by atoms with Crippen LogP contribution in [0, 0.1) is 3.70 Å². The number of rotatable bonds is 2. The minimum atomic E-state index is -0.534. The van der Waals surface area contributed by atoms with Crippen molar-refractivity contribution in [1.82, 2.24) is 9.88 Å². The van der Waals surface area contributed by atoms with Gasteiger partial charge in [-0.05, 0) is 0 Å². The molecule has 30 heavy (non-hydrogen) atoms. The van der Waals surface area contributed by atoms with Crippen LogP contribution in [0.1, 0.15) is 59.9 Å². The predicted molar refractivity (Wildman–Crippen MR) is 111 cm³/mol. The van der Waals surface area contributed by atoms with Gasteiger partial charge in [0.1, 0.15) is 0 Å². The Morgan fingerprint density at radius 1 is 1.03 bits per heavy atom. The number of likely N-dealkylation sites (tertiary alicyclic amines) is 1. The van der Waals surface area contributed by atoms with Crippen LogP contribution in [0.25, 0.3) is 0 Å². The number of alkyl halides is 1. The summed E-state index contributed by atoms with van der Waals surface area (Å²) in [4.78, 5) is 33.4. The van der Waals surface area contributed by atoms with Crippen molar-refractivity contribution in [3.8, 4) is 0 Å². The number of hydrogen-bond acceptors (Lipinski definition) is 5. The number of pyridine rings is 1. The topological polar surface area (TPSA) is 72.0 Å². The quantitative estimate of drug-likeness (QED) is 0.325. The maximum atomic E-state index is 12.7. The fourth-order valence-corrected chi connectivity index (χ4v) is 6.35. The van der Waals surface area contributed by atoms with Gasteiger partial charge in [-0.3, -0.25) is 0 Å². The molecule has 2 amide bonds. The molecule has 2 aliphatic rings. The third kappa shape index (κ3) is 6.21. The second-order valence-corrected chi connectivity index (χ2v) is 13.3. The molecule has 3 rings (SSSR count). The van der Waals surface area contributed by atoms with Gasteiger partial charge in [-0.1, -0.05) is 0 Å². The fraction of sp³-hybridized carbons (Fsp3) is 0.682. The van der Waals surface area contributed by atoms with Gasteiger partial charge in [0.05, 0.1) is 0 Å². The standard InChI is InChI=1S/C22H33IN3O4/c1-21(2,3)29-19(27)25-13-11-16(14-25)23-17-10-9-15-8-7-12-26(18(15)24-17)20(28)30-22(4,5)6/h9-10,16H,7-8,11-14H2,1-6H3/q-1. The Hall–Kier alpha value is -1.58. The van der Waals surface area contributed by atoms with Crippen LogP contribution in [-0.2, 0) is 15.9 Å². The van der Waals surface area contributed by atoms with Crippen LogP contribution in [-0.4, -0.2) is 56.8 Å². The van der Waals surface area contributed by atoms with E-state index in [1.165, 1.54) is 0 Å². The molecule has 1 unspecified atom stereocenters. The predicted octanol–water partition coefficient (Wildman–Crippen LogP) is 1.04. The Labute approximate surface area is 189 Å². The van der Waals surface area contributed by atoms with Crippen molar-refractivity contribution in [3.05, 3.63) is 21.4 Å². The number of aryl methyl sites for hydroxylation is 1. The molecule has 0 bridgehead atoms. The van der Waals surface area contributed by atoms with Gasteiger partial charge in [0.25, 0.3) is 0 Å². The van der Waals surface area contributed by atoms with E-state index in [0.29, 0.717) is 10.5 Å². The summed E-state index contributed by atoms with van der Waals surface area (Å²) < 4.78 is 12.6. The molecule has 3 heterocycles. The number of hydrogen-bond donors (Lipinski definition) is 0. The van der Waals surface area contributed by atoms with Crippen molar-refractivity contribution in [2.75, 3.05) is 24.5 Å². The third-order valence-corrected chi connectivity index (χ3v) is 7.80. The molecule has 1 aromatic heterocycles. The van der Waals surface area contributed by atoms with E-state index in [1.54, 1.807) is 9.80 Å².